The first-order valence-corrected chi connectivity index (χ1v) is 6.28. The van der Waals surface area contributed by atoms with Crippen LogP contribution in [0.15, 0.2) is 0 Å². The molecule has 0 atom stereocenters. The second-order valence-corrected chi connectivity index (χ2v) is 6.42. The maximum absolute atomic E-state index is 2.53. The Bertz CT molecular complexity index is 216. The van der Waals surface area contributed by atoms with E-state index in [2.05, 4.69) is 25.9 Å². The van der Waals surface area contributed by atoms with Crippen molar-refractivity contribution in [1.82, 2.24) is 4.90 Å². The normalized spacial score (nSPS) is 55.7. The molecule has 4 aliphatic rings. The van der Waals surface area contributed by atoms with Gasteiger partial charge in [-0.25, -0.2) is 0 Å². The number of hydrogen-bond acceptors (Lipinski definition) is 1. The number of nitrogens with zero attached hydrogens (tertiary/aromatic N) is 1. The second-order valence-electron chi connectivity index (χ2n) is 6.42. The summed E-state index contributed by atoms with van der Waals surface area (Å²) in [4.78, 5) is 2.53. The molecule has 4 aliphatic carbocycles. The van der Waals surface area contributed by atoms with Crippen LogP contribution < -0.4 is 0 Å². The van der Waals surface area contributed by atoms with Crippen molar-refractivity contribution in [3.63, 3.8) is 0 Å². The van der Waals surface area contributed by atoms with Gasteiger partial charge in [-0.05, 0) is 76.8 Å². The van der Waals surface area contributed by atoms with Gasteiger partial charge >= 0.3 is 0 Å². The summed E-state index contributed by atoms with van der Waals surface area (Å²) in [6.45, 7) is 2.53. The van der Waals surface area contributed by atoms with Crippen LogP contribution in [0.25, 0.3) is 0 Å². The smallest absolute Gasteiger partial charge is 0.0232 e. The summed E-state index contributed by atoms with van der Waals surface area (Å²) < 4.78 is 0. The van der Waals surface area contributed by atoms with E-state index in [1.165, 1.54) is 25.7 Å². The van der Waals surface area contributed by atoms with Crippen molar-refractivity contribution < 1.29 is 0 Å². The molecule has 14 heavy (non-hydrogen) atoms. The molecule has 0 aromatic heterocycles. The van der Waals surface area contributed by atoms with Gasteiger partial charge in [-0.15, -0.1) is 0 Å². The minimum Gasteiger partial charge on any atom is -0.303 e. The van der Waals surface area contributed by atoms with Crippen LogP contribution >= 0.6 is 0 Å². The zero-order valence-corrected chi connectivity index (χ0v) is 9.79. The van der Waals surface area contributed by atoms with Gasteiger partial charge in [0, 0.05) is 5.54 Å². The minimum absolute atomic E-state index is 0.535. The van der Waals surface area contributed by atoms with Gasteiger partial charge in [-0.3, -0.25) is 0 Å². The standard InChI is InChI=1S/C13H23N/c1-13(14(2)3)11-5-9-4-10(7-11)8-12(13)6-9/h9-12H,4-8H2,1-3H3. The third kappa shape index (κ3) is 0.997. The molecular formula is C13H23N. The topological polar surface area (TPSA) is 3.24 Å². The summed E-state index contributed by atoms with van der Waals surface area (Å²) in [6.07, 6.45) is 7.68. The molecule has 0 spiro atoms. The van der Waals surface area contributed by atoms with Crippen LogP contribution in [-0.4, -0.2) is 24.5 Å². The van der Waals surface area contributed by atoms with Crippen LogP contribution in [0, 0.1) is 23.7 Å². The number of rotatable bonds is 1. The first kappa shape index (κ1) is 9.21. The highest BCUT2D eigenvalue weighted by Gasteiger charge is 2.55. The summed E-state index contributed by atoms with van der Waals surface area (Å²) in [5.74, 6) is 4.22. The molecule has 1 nitrogen and oxygen atoms in total. The third-order valence-corrected chi connectivity index (χ3v) is 5.75. The van der Waals surface area contributed by atoms with E-state index >= 15 is 0 Å². The van der Waals surface area contributed by atoms with Gasteiger partial charge < -0.3 is 4.90 Å². The molecule has 0 aliphatic heterocycles. The van der Waals surface area contributed by atoms with Crippen molar-refractivity contribution in [3.05, 3.63) is 0 Å². The zero-order valence-electron chi connectivity index (χ0n) is 9.79. The average Bonchev–Trinajstić information content (AvgIpc) is 2.12. The fourth-order valence-corrected chi connectivity index (χ4v) is 4.87. The molecule has 1 heteroatoms. The van der Waals surface area contributed by atoms with Crippen LogP contribution in [0.1, 0.15) is 39.0 Å². The molecule has 4 fully saturated rings. The first-order chi connectivity index (χ1) is 6.60. The Balaban J connectivity index is 1.94. The predicted molar refractivity (Wildman–Crippen MR) is 59.1 cm³/mol. The van der Waals surface area contributed by atoms with Gasteiger partial charge in [0.15, 0.2) is 0 Å². The summed E-state index contributed by atoms with van der Waals surface area (Å²) in [5, 5.41) is 0. The van der Waals surface area contributed by atoms with Gasteiger partial charge in [-0.2, -0.15) is 0 Å². The largest absolute Gasteiger partial charge is 0.303 e. The van der Waals surface area contributed by atoms with Crippen molar-refractivity contribution in [3.8, 4) is 0 Å². The zero-order chi connectivity index (χ0) is 9.92. The lowest BCUT2D eigenvalue weighted by atomic mass is 9.49. The van der Waals surface area contributed by atoms with E-state index < -0.39 is 0 Å². The molecule has 4 bridgehead atoms. The van der Waals surface area contributed by atoms with Crippen LogP contribution in [0.4, 0.5) is 0 Å². The summed E-state index contributed by atoms with van der Waals surface area (Å²) >= 11 is 0. The molecule has 0 unspecified atom stereocenters. The fourth-order valence-electron chi connectivity index (χ4n) is 4.87. The SMILES string of the molecule is CN(C)C1(C)C2CC3CC(C2)CC1C3. The molecule has 0 heterocycles. The maximum atomic E-state index is 2.53. The van der Waals surface area contributed by atoms with E-state index in [1.807, 2.05) is 0 Å². The van der Waals surface area contributed by atoms with Gasteiger partial charge in [0.1, 0.15) is 0 Å². The Labute approximate surface area is 87.9 Å². The van der Waals surface area contributed by atoms with E-state index in [0.29, 0.717) is 5.54 Å². The Morgan fingerprint density at radius 1 is 0.857 bits per heavy atom. The van der Waals surface area contributed by atoms with Crippen molar-refractivity contribution in [2.24, 2.45) is 23.7 Å². The van der Waals surface area contributed by atoms with Crippen molar-refractivity contribution in [2.75, 3.05) is 14.1 Å². The molecule has 4 rings (SSSR count). The number of hydrogen-bond donors (Lipinski definition) is 0. The van der Waals surface area contributed by atoms with Crippen LogP contribution in [0.5, 0.6) is 0 Å². The molecule has 0 saturated heterocycles. The van der Waals surface area contributed by atoms with Gasteiger partial charge in [-0.1, -0.05) is 0 Å². The van der Waals surface area contributed by atoms with Crippen LogP contribution in [0.2, 0.25) is 0 Å². The average molecular weight is 193 g/mol. The second kappa shape index (κ2) is 2.75. The van der Waals surface area contributed by atoms with Gasteiger partial charge in [0.2, 0.25) is 0 Å². The lowest BCUT2D eigenvalue weighted by molar-refractivity contribution is -0.110. The molecule has 0 amide bonds. The lowest BCUT2D eigenvalue weighted by Gasteiger charge is -2.62. The molecule has 0 N–H and O–H groups in total. The van der Waals surface area contributed by atoms with Crippen molar-refractivity contribution in [2.45, 2.75) is 44.6 Å². The highest BCUT2D eigenvalue weighted by Crippen LogP contribution is 2.59. The highest BCUT2D eigenvalue weighted by atomic mass is 15.2. The maximum Gasteiger partial charge on any atom is 0.0232 e. The Morgan fingerprint density at radius 3 is 1.64 bits per heavy atom. The molecule has 4 saturated carbocycles. The Morgan fingerprint density at radius 2 is 1.29 bits per heavy atom. The van der Waals surface area contributed by atoms with Crippen molar-refractivity contribution >= 4 is 0 Å². The molecular weight excluding hydrogens is 170 g/mol. The van der Waals surface area contributed by atoms with E-state index in [-0.39, 0.29) is 0 Å². The first-order valence-electron chi connectivity index (χ1n) is 6.28. The van der Waals surface area contributed by atoms with Gasteiger partial charge in [0.25, 0.3) is 0 Å². The fraction of sp³-hybridized carbons (Fsp3) is 1.00. The Kier molecular flexibility index (Phi) is 1.81. The molecule has 0 radical (unpaired) electrons. The molecule has 80 valence electrons. The van der Waals surface area contributed by atoms with Crippen LogP contribution in [-0.2, 0) is 0 Å². The van der Waals surface area contributed by atoms with Gasteiger partial charge in [0.05, 0.1) is 0 Å². The minimum atomic E-state index is 0.535. The van der Waals surface area contributed by atoms with E-state index in [9.17, 15) is 0 Å². The van der Waals surface area contributed by atoms with Crippen LogP contribution in [0.3, 0.4) is 0 Å². The third-order valence-electron chi connectivity index (χ3n) is 5.75. The molecule has 0 aromatic carbocycles. The highest BCUT2D eigenvalue weighted by molar-refractivity contribution is 5.08. The molecule has 0 aromatic rings. The summed E-state index contributed by atoms with van der Waals surface area (Å²) in [7, 11) is 4.59. The monoisotopic (exact) mass is 193 g/mol. The summed E-state index contributed by atoms with van der Waals surface area (Å²) in [5.41, 5.74) is 0.535. The van der Waals surface area contributed by atoms with E-state index in [1.54, 1.807) is 6.42 Å². The predicted octanol–water partition coefficient (Wildman–Crippen LogP) is 2.76. The lowest BCUT2D eigenvalue weighted by Crippen LogP contribution is -2.62. The Hall–Kier alpha value is -0.0400. The summed E-state index contributed by atoms with van der Waals surface area (Å²) in [6, 6.07) is 0. The van der Waals surface area contributed by atoms with E-state index in [0.717, 1.165) is 23.7 Å². The quantitative estimate of drug-likeness (QED) is 0.619. The van der Waals surface area contributed by atoms with Crippen molar-refractivity contribution in [1.29, 1.82) is 0 Å². The van der Waals surface area contributed by atoms with E-state index in [4.69, 9.17) is 0 Å².